The van der Waals surface area contributed by atoms with Crippen molar-refractivity contribution in [3.63, 3.8) is 0 Å². The third-order valence-electron chi connectivity index (χ3n) is 4.10. The Labute approximate surface area is 141 Å². The summed E-state index contributed by atoms with van der Waals surface area (Å²) >= 11 is 0. The van der Waals surface area contributed by atoms with E-state index in [0.29, 0.717) is 30.8 Å². The van der Waals surface area contributed by atoms with Gasteiger partial charge in [-0.2, -0.15) is 0 Å². The lowest BCUT2D eigenvalue weighted by Gasteiger charge is -2.15. The number of carbonyl (C=O) groups excluding carboxylic acids is 2. The van der Waals surface area contributed by atoms with Crippen LogP contribution < -0.4 is 0 Å². The van der Waals surface area contributed by atoms with Gasteiger partial charge in [0.25, 0.3) is 0 Å². The van der Waals surface area contributed by atoms with Crippen molar-refractivity contribution in [3.8, 4) is 0 Å². The molecule has 1 aromatic heterocycles. The molecule has 124 valence electrons. The summed E-state index contributed by atoms with van der Waals surface area (Å²) < 4.78 is 7.02. The molecule has 1 aliphatic heterocycles. The lowest BCUT2D eigenvalue weighted by Crippen LogP contribution is -2.25. The number of aromatic nitrogens is 1. The second-order valence-electron chi connectivity index (χ2n) is 5.72. The minimum absolute atomic E-state index is 0.0176. The van der Waals surface area contributed by atoms with Gasteiger partial charge in [-0.3, -0.25) is 14.6 Å². The summed E-state index contributed by atoms with van der Waals surface area (Å²) in [6.07, 6.45) is 4.23. The molecule has 1 aliphatic rings. The van der Waals surface area contributed by atoms with Gasteiger partial charge in [-0.15, -0.1) is 0 Å². The van der Waals surface area contributed by atoms with Gasteiger partial charge in [-0.1, -0.05) is 30.3 Å². The van der Waals surface area contributed by atoms with Crippen LogP contribution in [0.15, 0.2) is 53.7 Å². The molecule has 0 fully saturated rings. The van der Waals surface area contributed by atoms with Gasteiger partial charge in [0.05, 0.1) is 24.3 Å². The second kappa shape index (κ2) is 7.25. The van der Waals surface area contributed by atoms with Crippen molar-refractivity contribution in [1.29, 1.82) is 0 Å². The predicted octanol–water partition coefficient (Wildman–Crippen LogP) is 2.74. The zero-order valence-corrected chi connectivity index (χ0v) is 13.6. The number of rotatable bonds is 8. The van der Waals surface area contributed by atoms with Gasteiger partial charge >= 0.3 is 5.97 Å². The van der Waals surface area contributed by atoms with Crippen LogP contribution in [-0.4, -0.2) is 35.2 Å². The number of hydrogen-bond donors (Lipinski definition) is 0. The minimum Gasteiger partial charge on any atom is -0.466 e. The number of hydrogen-bond acceptors (Lipinski definition) is 4. The molecule has 3 rings (SSSR count). The van der Waals surface area contributed by atoms with E-state index in [1.54, 1.807) is 25.3 Å². The summed E-state index contributed by atoms with van der Waals surface area (Å²) in [5.74, 6) is -0.508. The molecule has 2 atom stereocenters. The van der Waals surface area contributed by atoms with E-state index in [1.807, 2.05) is 41.1 Å². The Bertz CT molecular complexity index is 743. The molecule has 0 radical (unpaired) electrons. The first kappa shape index (κ1) is 16.2. The molecule has 1 aromatic carbocycles. The zero-order chi connectivity index (χ0) is 16.9. The number of carbonyl (C=O) groups is 2. The summed E-state index contributed by atoms with van der Waals surface area (Å²) in [5.41, 5.74) is 1.28. The van der Waals surface area contributed by atoms with Crippen LogP contribution in [0.2, 0.25) is 0 Å². The Hall–Kier alpha value is -2.69. The highest BCUT2D eigenvalue weighted by atomic mass is 16.5. The van der Waals surface area contributed by atoms with Gasteiger partial charge in [0.2, 0.25) is 5.78 Å². The summed E-state index contributed by atoms with van der Waals surface area (Å²) in [6, 6.07) is 12.8. The van der Waals surface area contributed by atoms with Gasteiger partial charge < -0.3 is 9.30 Å². The molecule has 0 spiro atoms. The highest BCUT2D eigenvalue weighted by Gasteiger charge is 2.33. The maximum Gasteiger partial charge on any atom is 0.311 e. The van der Waals surface area contributed by atoms with Crippen LogP contribution in [0.5, 0.6) is 0 Å². The van der Waals surface area contributed by atoms with Crippen LogP contribution in [0, 0.1) is 5.92 Å². The SMILES string of the molecule is CCOC(=O)C(CCn1cccc1C(=O)c1ccccc1)C1C=N1. The van der Waals surface area contributed by atoms with Crippen molar-refractivity contribution in [2.24, 2.45) is 10.9 Å². The quantitative estimate of drug-likeness (QED) is 0.554. The molecule has 0 saturated carbocycles. The Balaban J connectivity index is 1.69. The number of ketones is 1. The maximum absolute atomic E-state index is 12.6. The van der Waals surface area contributed by atoms with Crippen LogP contribution in [-0.2, 0) is 16.1 Å². The van der Waals surface area contributed by atoms with E-state index >= 15 is 0 Å². The highest BCUT2D eigenvalue weighted by molar-refractivity contribution is 6.07. The fourth-order valence-electron chi connectivity index (χ4n) is 2.77. The lowest BCUT2D eigenvalue weighted by atomic mass is 10.0. The van der Waals surface area contributed by atoms with Gasteiger partial charge in [0.1, 0.15) is 0 Å². The molecule has 0 aliphatic carbocycles. The Kier molecular flexibility index (Phi) is 4.89. The maximum atomic E-state index is 12.6. The van der Waals surface area contributed by atoms with Crippen molar-refractivity contribution in [1.82, 2.24) is 4.57 Å². The van der Waals surface area contributed by atoms with Gasteiger partial charge in [-0.25, -0.2) is 0 Å². The average Bonchev–Trinajstić information content (AvgIpc) is 3.33. The Morgan fingerprint density at radius 3 is 2.62 bits per heavy atom. The van der Waals surface area contributed by atoms with Crippen LogP contribution in [0.3, 0.4) is 0 Å². The highest BCUT2D eigenvalue weighted by Crippen LogP contribution is 2.22. The number of ether oxygens (including phenoxy) is 1. The van der Waals surface area contributed by atoms with Crippen molar-refractivity contribution in [2.45, 2.75) is 25.9 Å². The number of aliphatic imine (C=N–C) groups is 1. The smallest absolute Gasteiger partial charge is 0.311 e. The standard InChI is InChI=1S/C19H20N2O3/c1-2-24-19(23)15(16-13-20-16)10-12-21-11-6-9-17(21)18(22)14-7-4-3-5-8-14/h3-9,11,13,15-16H,2,10,12H2,1H3. The molecule has 24 heavy (non-hydrogen) atoms. The molecule has 5 nitrogen and oxygen atoms in total. The molecule has 0 bridgehead atoms. The first-order valence-electron chi connectivity index (χ1n) is 8.15. The number of aryl methyl sites for hydroxylation is 1. The average molecular weight is 324 g/mol. The van der Waals surface area contributed by atoms with Crippen LogP contribution in [0.1, 0.15) is 29.4 Å². The molecule has 0 saturated heterocycles. The lowest BCUT2D eigenvalue weighted by molar-refractivity contribution is -0.148. The van der Waals surface area contributed by atoms with E-state index in [0.717, 1.165) is 0 Å². The normalized spacial score (nSPS) is 16.6. The summed E-state index contributed by atoms with van der Waals surface area (Å²) in [7, 11) is 0. The van der Waals surface area contributed by atoms with Gasteiger partial charge in [0, 0.05) is 24.5 Å². The molecular formula is C19H20N2O3. The van der Waals surface area contributed by atoms with Crippen molar-refractivity contribution in [3.05, 3.63) is 59.9 Å². The predicted molar refractivity (Wildman–Crippen MR) is 91.3 cm³/mol. The van der Waals surface area contributed by atoms with E-state index in [-0.39, 0.29) is 23.7 Å². The first-order chi connectivity index (χ1) is 11.7. The second-order valence-corrected chi connectivity index (χ2v) is 5.72. The van der Waals surface area contributed by atoms with Crippen molar-refractivity contribution < 1.29 is 14.3 Å². The Morgan fingerprint density at radius 2 is 1.96 bits per heavy atom. The molecule has 0 N–H and O–H groups in total. The van der Waals surface area contributed by atoms with Crippen LogP contribution in [0.25, 0.3) is 0 Å². The molecule has 5 heteroatoms. The van der Waals surface area contributed by atoms with E-state index < -0.39 is 0 Å². The number of benzene rings is 1. The molecule has 2 unspecified atom stereocenters. The van der Waals surface area contributed by atoms with Crippen molar-refractivity contribution >= 4 is 18.0 Å². The summed E-state index contributed by atoms with van der Waals surface area (Å²) in [6.45, 7) is 2.73. The van der Waals surface area contributed by atoms with Crippen LogP contribution >= 0.6 is 0 Å². The zero-order valence-electron chi connectivity index (χ0n) is 13.6. The van der Waals surface area contributed by atoms with Crippen molar-refractivity contribution in [2.75, 3.05) is 6.61 Å². The monoisotopic (exact) mass is 324 g/mol. The van der Waals surface area contributed by atoms with E-state index in [2.05, 4.69) is 4.99 Å². The third-order valence-corrected chi connectivity index (χ3v) is 4.10. The molecular weight excluding hydrogens is 304 g/mol. The largest absolute Gasteiger partial charge is 0.466 e. The van der Waals surface area contributed by atoms with E-state index in [1.165, 1.54) is 0 Å². The van der Waals surface area contributed by atoms with Gasteiger partial charge in [0.15, 0.2) is 0 Å². The molecule has 0 amide bonds. The topological polar surface area (TPSA) is 60.7 Å². The fourth-order valence-corrected chi connectivity index (χ4v) is 2.77. The van der Waals surface area contributed by atoms with Crippen LogP contribution in [0.4, 0.5) is 0 Å². The third kappa shape index (κ3) is 3.62. The fraction of sp³-hybridized carbons (Fsp3) is 0.316. The van der Waals surface area contributed by atoms with Gasteiger partial charge in [-0.05, 0) is 25.5 Å². The number of nitrogens with zero attached hydrogens (tertiary/aromatic N) is 2. The summed E-state index contributed by atoms with van der Waals surface area (Å²) in [4.78, 5) is 28.8. The summed E-state index contributed by atoms with van der Waals surface area (Å²) in [5, 5.41) is 0. The number of esters is 1. The van der Waals surface area contributed by atoms with E-state index in [4.69, 9.17) is 4.74 Å². The first-order valence-corrected chi connectivity index (χ1v) is 8.15. The minimum atomic E-state index is -0.271. The molecule has 2 aromatic rings. The van der Waals surface area contributed by atoms with E-state index in [9.17, 15) is 9.59 Å². The Morgan fingerprint density at radius 1 is 1.21 bits per heavy atom. The molecule has 2 heterocycles.